The van der Waals surface area contributed by atoms with E-state index in [1.165, 1.54) is 0 Å². The summed E-state index contributed by atoms with van der Waals surface area (Å²) in [4.78, 5) is 12.4. The van der Waals surface area contributed by atoms with Gasteiger partial charge in [0, 0.05) is 12.0 Å². The fraction of sp³-hybridized carbons (Fsp3) is 0.650. The molecule has 2 aliphatic rings. The smallest absolute Gasteiger partial charge is 0.223 e. The Morgan fingerprint density at radius 3 is 2.21 bits per heavy atom. The Kier molecular flexibility index (Phi) is 6.69. The SMILES string of the molecule is COc1cccc(OC2CCC(NC(=O)C3CCS(=O)(=O)CC3)CC2)c1OC. The predicted octanol–water partition coefficient (Wildman–Crippen LogP) is 2.33. The number of hydrogen-bond acceptors (Lipinski definition) is 6. The van der Waals surface area contributed by atoms with Crippen LogP contribution >= 0.6 is 0 Å². The minimum Gasteiger partial charge on any atom is -0.493 e. The monoisotopic (exact) mass is 411 g/mol. The number of ether oxygens (including phenoxy) is 3. The van der Waals surface area contributed by atoms with Crippen LogP contribution in [0.3, 0.4) is 0 Å². The number of para-hydroxylation sites is 1. The fourth-order valence-corrected chi connectivity index (χ4v) is 5.42. The molecule has 1 saturated heterocycles. The molecule has 0 aromatic heterocycles. The van der Waals surface area contributed by atoms with E-state index in [-0.39, 0.29) is 35.5 Å². The van der Waals surface area contributed by atoms with Gasteiger partial charge in [0.25, 0.3) is 0 Å². The van der Waals surface area contributed by atoms with Crippen molar-refractivity contribution in [1.82, 2.24) is 5.32 Å². The number of benzene rings is 1. The van der Waals surface area contributed by atoms with E-state index in [1.54, 1.807) is 14.2 Å². The molecule has 2 fully saturated rings. The molecule has 1 amide bonds. The topological polar surface area (TPSA) is 90.9 Å². The van der Waals surface area contributed by atoms with E-state index in [0.717, 1.165) is 25.7 Å². The van der Waals surface area contributed by atoms with Crippen molar-refractivity contribution >= 4 is 15.7 Å². The van der Waals surface area contributed by atoms with Crippen molar-refractivity contribution in [1.29, 1.82) is 0 Å². The Hall–Kier alpha value is -1.96. The zero-order valence-corrected chi connectivity index (χ0v) is 17.3. The first-order valence-electron chi connectivity index (χ1n) is 9.80. The number of carbonyl (C=O) groups excluding carboxylic acids is 1. The Labute approximate surface area is 166 Å². The van der Waals surface area contributed by atoms with Crippen LogP contribution in [0, 0.1) is 5.92 Å². The number of methoxy groups -OCH3 is 2. The lowest BCUT2D eigenvalue weighted by molar-refractivity contribution is -0.126. The number of hydrogen-bond donors (Lipinski definition) is 1. The zero-order valence-electron chi connectivity index (χ0n) is 16.5. The van der Waals surface area contributed by atoms with Gasteiger partial charge in [-0.1, -0.05) is 6.07 Å². The van der Waals surface area contributed by atoms with Crippen molar-refractivity contribution in [3.8, 4) is 17.2 Å². The lowest BCUT2D eigenvalue weighted by atomic mass is 9.92. The highest BCUT2D eigenvalue weighted by Crippen LogP contribution is 2.38. The third-order valence-corrected chi connectivity index (χ3v) is 7.32. The maximum Gasteiger partial charge on any atom is 0.223 e. The zero-order chi connectivity index (χ0) is 20.1. The minimum absolute atomic E-state index is 0.00580. The molecule has 0 spiro atoms. The van der Waals surface area contributed by atoms with Gasteiger partial charge in [-0.3, -0.25) is 4.79 Å². The second-order valence-electron chi connectivity index (χ2n) is 7.52. The summed E-state index contributed by atoms with van der Waals surface area (Å²) in [5, 5.41) is 3.11. The van der Waals surface area contributed by atoms with Gasteiger partial charge in [-0.2, -0.15) is 0 Å². The van der Waals surface area contributed by atoms with Crippen molar-refractivity contribution in [3.05, 3.63) is 18.2 Å². The van der Waals surface area contributed by atoms with Gasteiger partial charge in [-0.05, 0) is 50.7 Å². The molecule has 8 heteroatoms. The first kappa shape index (κ1) is 20.8. The van der Waals surface area contributed by atoms with E-state index >= 15 is 0 Å². The van der Waals surface area contributed by atoms with E-state index in [9.17, 15) is 13.2 Å². The molecule has 1 aromatic rings. The number of carbonyl (C=O) groups is 1. The first-order valence-corrected chi connectivity index (χ1v) is 11.6. The second kappa shape index (κ2) is 9.03. The Morgan fingerprint density at radius 1 is 0.964 bits per heavy atom. The Bertz CT molecular complexity index is 772. The van der Waals surface area contributed by atoms with E-state index in [2.05, 4.69) is 5.32 Å². The van der Waals surface area contributed by atoms with Gasteiger partial charge >= 0.3 is 0 Å². The van der Waals surface area contributed by atoms with Crippen molar-refractivity contribution < 1.29 is 27.4 Å². The number of amides is 1. The summed E-state index contributed by atoms with van der Waals surface area (Å²) in [6.45, 7) is 0. The summed E-state index contributed by atoms with van der Waals surface area (Å²) < 4.78 is 39.9. The Morgan fingerprint density at radius 2 is 1.61 bits per heavy atom. The molecular formula is C20H29NO6S. The summed E-state index contributed by atoms with van der Waals surface area (Å²) in [5.74, 6) is 1.94. The molecule has 1 saturated carbocycles. The van der Waals surface area contributed by atoms with Gasteiger partial charge in [-0.15, -0.1) is 0 Å². The van der Waals surface area contributed by atoms with Crippen LogP contribution in [0.25, 0.3) is 0 Å². The van der Waals surface area contributed by atoms with Crippen LogP contribution in [0.4, 0.5) is 0 Å². The van der Waals surface area contributed by atoms with Crippen LogP contribution in [-0.4, -0.2) is 52.2 Å². The van der Waals surface area contributed by atoms with Crippen LogP contribution in [-0.2, 0) is 14.6 Å². The highest BCUT2D eigenvalue weighted by Gasteiger charge is 2.31. The molecule has 1 heterocycles. The van der Waals surface area contributed by atoms with Crippen molar-refractivity contribution in [2.45, 2.75) is 50.7 Å². The highest BCUT2D eigenvalue weighted by atomic mass is 32.2. The van der Waals surface area contributed by atoms with Crippen LogP contribution in [0.1, 0.15) is 38.5 Å². The fourth-order valence-electron chi connectivity index (χ4n) is 3.93. The average Bonchev–Trinajstić information content (AvgIpc) is 2.69. The predicted molar refractivity (Wildman–Crippen MR) is 106 cm³/mol. The molecule has 3 rings (SSSR count). The van der Waals surface area contributed by atoms with Crippen molar-refractivity contribution in [2.75, 3.05) is 25.7 Å². The largest absolute Gasteiger partial charge is 0.493 e. The molecule has 0 radical (unpaired) electrons. The number of nitrogens with one attached hydrogen (secondary N) is 1. The molecule has 1 aliphatic heterocycles. The molecule has 1 aliphatic carbocycles. The van der Waals surface area contributed by atoms with Gasteiger partial charge in [0.15, 0.2) is 11.5 Å². The van der Waals surface area contributed by atoms with Crippen LogP contribution in [0.15, 0.2) is 18.2 Å². The highest BCUT2D eigenvalue weighted by molar-refractivity contribution is 7.91. The molecule has 7 nitrogen and oxygen atoms in total. The van der Waals surface area contributed by atoms with E-state index in [4.69, 9.17) is 14.2 Å². The molecular weight excluding hydrogens is 382 g/mol. The summed E-state index contributed by atoms with van der Waals surface area (Å²) in [7, 11) is 0.240. The van der Waals surface area contributed by atoms with Gasteiger partial charge in [0.05, 0.1) is 31.8 Å². The summed E-state index contributed by atoms with van der Waals surface area (Å²) in [6.07, 6.45) is 4.29. The molecule has 0 atom stereocenters. The van der Waals surface area contributed by atoms with Gasteiger partial charge in [0.1, 0.15) is 9.84 Å². The van der Waals surface area contributed by atoms with Crippen LogP contribution in [0.5, 0.6) is 17.2 Å². The molecule has 156 valence electrons. The second-order valence-corrected chi connectivity index (χ2v) is 9.82. The summed E-state index contributed by atoms with van der Waals surface area (Å²) in [5.41, 5.74) is 0. The first-order chi connectivity index (χ1) is 13.4. The van der Waals surface area contributed by atoms with Crippen molar-refractivity contribution in [2.24, 2.45) is 5.92 Å². The van der Waals surface area contributed by atoms with Crippen LogP contribution in [0.2, 0.25) is 0 Å². The number of sulfone groups is 1. The molecule has 28 heavy (non-hydrogen) atoms. The number of rotatable bonds is 6. The van der Waals surface area contributed by atoms with Gasteiger partial charge in [-0.25, -0.2) is 8.42 Å². The summed E-state index contributed by atoms with van der Waals surface area (Å²) in [6, 6.07) is 5.69. The maximum atomic E-state index is 12.4. The average molecular weight is 412 g/mol. The quantitative estimate of drug-likeness (QED) is 0.773. The molecule has 0 unspecified atom stereocenters. The third kappa shape index (κ3) is 5.10. The summed E-state index contributed by atoms with van der Waals surface area (Å²) >= 11 is 0. The standard InChI is InChI=1S/C20H29NO6S/c1-25-17-4-3-5-18(19(17)26-2)27-16-8-6-15(7-9-16)21-20(22)14-10-12-28(23,24)13-11-14/h3-5,14-16H,6-13H2,1-2H3,(H,21,22). The van der Waals surface area contributed by atoms with E-state index in [0.29, 0.717) is 30.1 Å². The van der Waals surface area contributed by atoms with E-state index < -0.39 is 9.84 Å². The molecule has 0 bridgehead atoms. The maximum absolute atomic E-state index is 12.4. The molecule has 1 N–H and O–H groups in total. The lowest BCUT2D eigenvalue weighted by Crippen LogP contribution is -2.44. The van der Waals surface area contributed by atoms with Crippen molar-refractivity contribution in [3.63, 3.8) is 0 Å². The molecule has 1 aromatic carbocycles. The Balaban J connectivity index is 1.48. The van der Waals surface area contributed by atoms with E-state index in [1.807, 2.05) is 18.2 Å². The normalized spacial score (nSPS) is 24.9. The third-order valence-electron chi connectivity index (χ3n) is 5.61. The lowest BCUT2D eigenvalue weighted by Gasteiger charge is -2.31. The minimum atomic E-state index is -2.95. The van der Waals surface area contributed by atoms with Crippen LogP contribution < -0.4 is 19.5 Å². The van der Waals surface area contributed by atoms with Gasteiger partial charge in [0.2, 0.25) is 11.7 Å². The van der Waals surface area contributed by atoms with Gasteiger partial charge < -0.3 is 19.5 Å².